The largest absolute Gasteiger partial charge is 0.484 e. The minimum atomic E-state index is -0.485. The first-order valence-corrected chi connectivity index (χ1v) is 10.8. The Morgan fingerprint density at radius 1 is 1.24 bits per heavy atom. The molecule has 1 aliphatic heterocycles. The van der Waals surface area contributed by atoms with Crippen molar-refractivity contribution < 1.29 is 9.53 Å². The minimum absolute atomic E-state index is 0.120. The van der Waals surface area contributed by atoms with Crippen molar-refractivity contribution in [1.82, 2.24) is 15.1 Å². The molecule has 1 aliphatic rings. The lowest BCUT2D eigenvalue weighted by Gasteiger charge is -2.36. The van der Waals surface area contributed by atoms with E-state index in [4.69, 9.17) is 15.5 Å². The van der Waals surface area contributed by atoms with Crippen LogP contribution in [0.25, 0.3) is 0 Å². The van der Waals surface area contributed by atoms with Gasteiger partial charge in [0.05, 0.1) is 6.54 Å². The van der Waals surface area contributed by atoms with Gasteiger partial charge in [0.25, 0.3) is 5.91 Å². The van der Waals surface area contributed by atoms with Crippen molar-refractivity contribution in [2.24, 2.45) is 10.7 Å². The molecule has 3 rings (SSSR count). The normalized spacial score (nSPS) is 15.3. The van der Waals surface area contributed by atoms with Crippen LogP contribution in [0.15, 0.2) is 46.8 Å². The zero-order chi connectivity index (χ0) is 20.5. The SMILES string of the molecule is CCNC(=NCc1cccc(OCC(N)=O)c1)N1CCN(Cc2cccs2)CC1. The molecule has 1 aromatic carbocycles. The van der Waals surface area contributed by atoms with Crippen molar-refractivity contribution in [2.75, 3.05) is 39.3 Å². The Hall–Kier alpha value is -2.58. The molecule has 0 spiro atoms. The van der Waals surface area contributed by atoms with E-state index in [0.29, 0.717) is 12.3 Å². The predicted octanol–water partition coefficient (Wildman–Crippen LogP) is 1.90. The first kappa shape index (κ1) is 21.1. The monoisotopic (exact) mass is 415 g/mol. The molecule has 2 aromatic rings. The van der Waals surface area contributed by atoms with Gasteiger partial charge >= 0.3 is 0 Å². The first-order chi connectivity index (χ1) is 14.1. The number of rotatable bonds is 8. The highest BCUT2D eigenvalue weighted by Crippen LogP contribution is 2.15. The van der Waals surface area contributed by atoms with Gasteiger partial charge in [0.2, 0.25) is 0 Å². The zero-order valence-electron chi connectivity index (χ0n) is 16.8. The molecule has 2 heterocycles. The van der Waals surface area contributed by atoms with Crippen LogP contribution in [0.3, 0.4) is 0 Å². The van der Waals surface area contributed by atoms with Crippen molar-refractivity contribution in [3.8, 4) is 5.75 Å². The highest BCUT2D eigenvalue weighted by atomic mass is 32.1. The molecule has 1 amide bonds. The predicted molar refractivity (Wildman–Crippen MR) is 117 cm³/mol. The Balaban J connectivity index is 1.56. The number of primary amides is 1. The Kier molecular flexibility index (Phi) is 7.89. The number of thiophene rings is 1. The fourth-order valence-corrected chi connectivity index (χ4v) is 3.97. The average Bonchev–Trinajstić information content (AvgIpc) is 3.24. The number of amides is 1. The van der Waals surface area contributed by atoms with Gasteiger partial charge < -0.3 is 20.7 Å². The molecule has 156 valence electrons. The first-order valence-electron chi connectivity index (χ1n) is 9.92. The van der Waals surface area contributed by atoms with Gasteiger partial charge in [-0.15, -0.1) is 11.3 Å². The summed E-state index contributed by atoms with van der Waals surface area (Å²) in [5, 5.41) is 5.54. The molecular formula is C21H29N5O2S. The molecule has 0 radical (unpaired) electrons. The molecule has 0 aliphatic carbocycles. The third-order valence-electron chi connectivity index (χ3n) is 4.66. The number of piperazine rings is 1. The van der Waals surface area contributed by atoms with Gasteiger partial charge in [0, 0.05) is 44.1 Å². The number of carbonyl (C=O) groups excluding carboxylic acids is 1. The lowest BCUT2D eigenvalue weighted by molar-refractivity contribution is -0.119. The fourth-order valence-electron chi connectivity index (χ4n) is 3.22. The molecule has 3 N–H and O–H groups in total. The number of nitrogens with two attached hydrogens (primary N) is 1. The van der Waals surface area contributed by atoms with Crippen LogP contribution in [0.4, 0.5) is 0 Å². The summed E-state index contributed by atoms with van der Waals surface area (Å²) in [6.45, 7) is 8.33. The number of nitrogens with zero attached hydrogens (tertiary/aromatic N) is 3. The Bertz CT molecular complexity index is 801. The van der Waals surface area contributed by atoms with Crippen molar-refractivity contribution in [3.63, 3.8) is 0 Å². The summed E-state index contributed by atoms with van der Waals surface area (Å²) in [7, 11) is 0. The maximum absolute atomic E-state index is 10.9. The molecule has 1 saturated heterocycles. The third-order valence-corrected chi connectivity index (χ3v) is 5.52. The van der Waals surface area contributed by atoms with Crippen LogP contribution in [-0.4, -0.2) is 61.0 Å². The van der Waals surface area contributed by atoms with Gasteiger partial charge in [-0.3, -0.25) is 9.69 Å². The summed E-state index contributed by atoms with van der Waals surface area (Å²) >= 11 is 1.82. The summed E-state index contributed by atoms with van der Waals surface area (Å²) < 4.78 is 5.38. The Morgan fingerprint density at radius 2 is 2.07 bits per heavy atom. The second kappa shape index (κ2) is 10.8. The van der Waals surface area contributed by atoms with Crippen LogP contribution in [0.1, 0.15) is 17.4 Å². The highest BCUT2D eigenvalue weighted by Gasteiger charge is 2.19. The van der Waals surface area contributed by atoms with E-state index in [0.717, 1.165) is 50.8 Å². The maximum Gasteiger partial charge on any atom is 0.255 e. The zero-order valence-corrected chi connectivity index (χ0v) is 17.7. The summed E-state index contributed by atoms with van der Waals surface area (Å²) in [6.07, 6.45) is 0. The van der Waals surface area contributed by atoms with Gasteiger partial charge in [-0.05, 0) is 36.1 Å². The van der Waals surface area contributed by atoms with Crippen LogP contribution in [0.5, 0.6) is 5.75 Å². The van der Waals surface area contributed by atoms with Gasteiger partial charge in [0.15, 0.2) is 12.6 Å². The molecule has 29 heavy (non-hydrogen) atoms. The van der Waals surface area contributed by atoms with Crippen LogP contribution in [0, 0.1) is 0 Å². The van der Waals surface area contributed by atoms with Crippen LogP contribution in [0.2, 0.25) is 0 Å². The van der Waals surface area contributed by atoms with Crippen LogP contribution < -0.4 is 15.8 Å². The summed E-state index contributed by atoms with van der Waals surface area (Å²) in [5.41, 5.74) is 6.16. The van der Waals surface area contributed by atoms with Crippen LogP contribution in [-0.2, 0) is 17.9 Å². The van der Waals surface area contributed by atoms with E-state index in [2.05, 4.69) is 39.6 Å². The number of benzene rings is 1. The number of guanidine groups is 1. The second-order valence-electron chi connectivity index (χ2n) is 6.92. The van der Waals surface area contributed by atoms with Gasteiger partial charge in [-0.25, -0.2) is 4.99 Å². The number of nitrogens with one attached hydrogen (secondary N) is 1. The standard InChI is InChI=1S/C21H29N5O2S/c1-2-23-21(24-14-17-5-3-6-18(13-17)28-16-20(22)27)26-10-8-25(9-11-26)15-19-7-4-12-29-19/h3-7,12-13H,2,8-11,14-16H2,1H3,(H2,22,27)(H,23,24). The lowest BCUT2D eigenvalue weighted by Crippen LogP contribution is -2.52. The third kappa shape index (κ3) is 6.76. The van der Waals surface area contributed by atoms with Gasteiger partial charge in [-0.1, -0.05) is 18.2 Å². The van der Waals surface area contributed by atoms with E-state index < -0.39 is 5.91 Å². The van der Waals surface area contributed by atoms with E-state index in [1.165, 1.54) is 4.88 Å². The quantitative estimate of drug-likeness (QED) is 0.508. The van der Waals surface area contributed by atoms with Crippen molar-refractivity contribution in [3.05, 3.63) is 52.2 Å². The maximum atomic E-state index is 10.9. The fraction of sp³-hybridized carbons (Fsp3) is 0.429. The van der Waals surface area contributed by atoms with Crippen molar-refractivity contribution >= 4 is 23.2 Å². The number of hydrogen-bond donors (Lipinski definition) is 2. The van der Waals surface area contributed by atoms with E-state index >= 15 is 0 Å². The molecule has 0 unspecified atom stereocenters. The lowest BCUT2D eigenvalue weighted by atomic mass is 10.2. The van der Waals surface area contributed by atoms with E-state index in [9.17, 15) is 4.79 Å². The van der Waals surface area contributed by atoms with E-state index in [1.807, 2.05) is 35.6 Å². The minimum Gasteiger partial charge on any atom is -0.484 e. The Morgan fingerprint density at radius 3 is 2.76 bits per heavy atom. The molecule has 1 aromatic heterocycles. The van der Waals surface area contributed by atoms with Crippen LogP contribution >= 0.6 is 11.3 Å². The average molecular weight is 416 g/mol. The number of aliphatic imine (C=N–C) groups is 1. The topological polar surface area (TPSA) is 83.2 Å². The molecule has 0 saturated carbocycles. The summed E-state index contributed by atoms with van der Waals surface area (Å²) in [6, 6.07) is 11.9. The molecule has 0 bridgehead atoms. The molecule has 7 nitrogen and oxygen atoms in total. The Labute approximate surface area is 176 Å². The highest BCUT2D eigenvalue weighted by molar-refractivity contribution is 7.09. The summed E-state index contributed by atoms with van der Waals surface area (Å²) in [4.78, 5) is 21.9. The van der Waals surface area contributed by atoms with Gasteiger partial charge in [0.1, 0.15) is 5.75 Å². The van der Waals surface area contributed by atoms with E-state index in [-0.39, 0.29) is 6.61 Å². The second-order valence-corrected chi connectivity index (χ2v) is 7.95. The number of carbonyl (C=O) groups is 1. The van der Waals surface area contributed by atoms with E-state index in [1.54, 1.807) is 0 Å². The smallest absolute Gasteiger partial charge is 0.255 e. The molecule has 8 heteroatoms. The summed E-state index contributed by atoms with van der Waals surface area (Å²) in [5.74, 6) is 1.08. The van der Waals surface area contributed by atoms with Crippen molar-refractivity contribution in [2.45, 2.75) is 20.0 Å². The van der Waals surface area contributed by atoms with Gasteiger partial charge in [-0.2, -0.15) is 0 Å². The molecule has 1 fully saturated rings. The molecular weight excluding hydrogens is 386 g/mol. The number of ether oxygens (including phenoxy) is 1. The number of hydrogen-bond acceptors (Lipinski definition) is 5. The van der Waals surface area contributed by atoms with Crippen molar-refractivity contribution in [1.29, 1.82) is 0 Å². The molecule has 0 atom stereocenters.